The molecule has 0 saturated heterocycles. The van der Waals surface area contributed by atoms with E-state index >= 15 is 0 Å². The lowest BCUT2D eigenvalue weighted by molar-refractivity contribution is 1.47. The van der Waals surface area contributed by atoms with Crippen LogP contribution in [0.25, 0.3) is 63.8 Å². The van der Waals surface area contributed by atoms with Crippen molar-refractivity contribution < 1.29 is 0 Å². The first kappa shape index (κ1) is 21.2. The molecule has 0 radical (unpaired) electrons. The summed E-state index contributed by atoms with van der Waals surface area (Å²) in [6.45, 7) is 0. The van der Waals surface area contributed by atoms with E-state index in [1.165, 1.54) is 31.7 Å². The third-order valence-corrected chi connectivity index (χ3v) is 8.51. The molecule has 5 aromatic carbocycles. The van der Waals surface area contributed by atoms with Crippen LogP contribution in [0.3, 0.4) is 0 Å². The van der Waals surface area contributed by atoms with Crippen LogP contribution >= 0.6 is 22.7 Å². The maximum Gasteiger partial charge on any atom is 0.124 e. The second-order valence-corrected chi connectivity index (χ2v) is 10.8. The van der Waals surface area contributed by atoms with Crippen molar-refractivity contribution in [3.8, 4) is 43.4 Å². The number of thiazole rings is 2. The van der Waals surface area contributed by atoms with Gasteiger partial charge in [-0.25, -0.2) is 9.97 Å². The summed E-state index contributed by atoms with van der Waals surface area (Å²) in [5.41, 5.74) is 9.14. The minimum absolute atomic E-state index is 1.04. The highest BCUT2D eigenvalue weighted by Crippen LogP contribution is 2.37. The number of hydrogen-bond donors (Lipinski definition) is 0. The maximum absolute atomic E-state index is 4.94. The number of hydrogen-bond acceptors (Lipinski definition) is 4. The maximum atomic E-state index is 4.94. The zero-order chi connectivity index (χ0) is 23.9. The fourth-order valence-electron chi connectivity index (χ4n) is 4.51. The van der Waals surface area contributed by atoms with Gasteiger partial charge in [0.2, 0.25) is 0 Å². The molecule has 36 heavy (non-hydrogen) atoms. The van der Waals surface area contributed by atoms with Crippen molar-refractivity contribution in [1.29, 1.82) is 0 Å². The molecule has 0 aliphatic heterocycles. The predicted octanol–water partition coefficient (Wildman–Crippen LogP) is 9.57. The highest BCUT2D eigenvalue weighted by atomic mass is 32.1. The average Bonchev–Trinajstić information content (AvgIpc) is 3.58. The average molecular weight is 497 g/mol. The Hall–Kier alpha value is -4.12. The van der Waals surface area contributed by atoms with Crippen molar-refractivity contribution in [3.63, 3.8) is 0 Å². The summed E-state index contributed by atoms with van der Waals surface area (Å²) in [4.78, 5) is 9.76. The molecule has 7 aromatic rings. The Bertz CT molecular complexity index is 1760. The molecule has 0 bridgehead atoms. The molecule has 0 fully saturated rings. The third kappa shape index (κ3) is 3.91. The molecule has 0 aliphatic carbocycles. The van der Waals surface area contributed by atoms with Gasteiger partial charge in [-0.2, -0.15) is 0 Å². The molecule has 2 nitrogen and oxygen atoms in total. The normalized spacial score (nSPS) is 11.3. The molecule has 4 heteroatoms. The Labute approximate surface area is 217 Å². The third-order valence-electron chi connectivity index (χ3n) is 6.34. The quantitative estimate of drug-likeness (QED) is 0.242. The second kappa shape index (κ2) is 8.83. The summed E-state index contributed by atoms with van der Waals surface area (Å²) in [7, 11) is 0. The van der Waals surface area contributed by atoms with Crippen LogP contribution in [-0.4, -0.2) is 9.97 Å². The number of benzene rings is 5. The molecular weight excluding hydrogens is 477 g/mol. The zero-order valence-corrected chi connectivity index (χ0v) is 20.9. The highest BCUT2D eigenvalue weighted by molar-refractivity contribution is 7.22. The van der Waals surface area contributed by atoms with Crippen LogP contribution in [0, 0.1) is 0 Å². The van der Waals surface area contributed by atoms with Crippen LogP contribution in [0.5, 0.6) is 0 Å². The topological polar surface area (TPSA) is 25.8 Å². The molecule has 0 atom stereocenters. The molecule has 2 aromatic heterocycles. The van der Waals surface area contributed by atoms with Gasteiger partial charge in [0, 0.05) is 11.1 Å². The number of para-hydroxylation sites is 2. The van der Waals surface area contributed by atoms with Gasteiger partial charge in [0.25, 0.3) is 0 Å². The Morgan fingerprint density at radius 2 is 0.806 bits per heavy atom. The molecule has 0 unspecified atom stereocenters. The van der Waals surface area contributed by atoms with Crippen molar-refractivity contribution >= 4 is 43.1 Å². The molecule has 0 aliphatic rings. The molecule has 0 saturated carbocycles. The molecule has 0 spiro atoms. The van der Waals surface area contributed by atoms with Crippen LogP contribution < -0.4 is 0 Å². The summed E-state index contributed by atoms with van der Waals surface area (Å²) in [6.07, 6.45) is 0. The van der Waals surface area contributed by atoms with E-state index in [0.29, 0.717) is 0 Å². The van der Waals surface area contributed by atoms with Gasteiger partial charge in [0.05, 0.1) is 20.4 Å². The van der Waals surface area contributed by atoms with Gasteiger partial charge in [-0.05, 0) is 64.7 Å². The first-order chi connectivity index (χ1) is 17.8. The number of fused-ring (bicyclic) bond motifs is 2. The van der Waals surface area contributed by atoms with E-state index < -0.39 is 0 Å². The molecule has 0 amide bonds. The van der Waals surface area contributed by atoms with Crippen molar-refractivity contribution in [2.75, 3.05) is 0 Å². The monoisotopic (exact) mass is 496 g/mol. The van der Waals surface area contributed by atoms with Crippen molar-refractivity contribution in [2.24, 2.45) is 0 Å². The number of aromatic nitrogens is 2. The van der Waals surface area contributed by atoms with Gasteiger partial charge < -0.3 is 0 Å². The van der Waals surface area contributed by atoms with Gasteiger partial charge in [-0.1, -0.05) is 78.9 Å². The fourth-order valence-corrected chi connectivity index (χ4v) is 6.44. The van der Waals surface area contributed by atoms with E-state index in [4.69, 9.17) is 9.97 Å². The Balaban J connectivity index is 1.33. The standard InChI is InChI=1S/C32H20N2S2/c1-2-8-21(9-3-1)24-18-25(20-26(19-24)32-34-28-11-5-7-13-30(28)36-32)22-14-16-23(17-15-22)31-33-27-10-4-6-12-29(27)35-31/h1-20H. The minimum atomic E-state index is 1.04. The molecule has 7 rings (SSSR count). The van der Waals surface area contributed by atoms with E-state index in [1.54, 1.807) is 22.7 Å². The van der Waals surface area contributed by atoms with Crippen molar-refractivity contribution in [1.82, 2.24) is 9.97 Å². The minimum Gasteiger partial charge on any atom is -0.236 e. The van der Waals surface area contributed by atoms with Gasteiger partial charge >= 0.3 is 0 Å². The number of nitrogens with zero attached hydrogens (tertiary/aromatic N) is 2. The smallest absolute Gasteiger partial charge is 0.124 e. The molecular formula is C32H20N2S2. The van der Waals surface area contributed by atoms with E-state index in [1.807, 2.05) is 12.1 Å². The summed E-state index contributed by atoms with van der Waals surface area (Å²) in [6, 6.07) is 42.8. The van der Waals surface area contributed by atoms with Gasteiger partial charge in [0.1, 0.15) is 10.0 Å². The van der Waals surface area contributed by atoms with Gasteiger partial charge in [0.15, 0.2) is 0 Å². The van der Waals surface area contributed by atoms with E-state index in [-0.39, 0.29) is 0 Å². The van der Waals surface area contributed by atoms with Crippen LogP contribution in [-0.2, 0) is 0 Å². The second-order valence-electron chi connectivity index (χ2n) is 8.72. The Morgan fingerprint density at radius 1 is 0.361 bits per heavy atom. The summed E-state index contributed by atoms with van der Waals surface area (Å²) in [5.74, 6) is 0. The van der Waals surface area contributed by atoms with Crippen LogP contribution in [0.1, 0.15) is 0 Å². The predicted molar refractivity (Wildman–Crippen MR) is 155 cm³/mol. The lowest BCUT2D eigenvalue weighted by Crippen LogP contribution is -1.86. The molecule has 170 valence electrons. The Kier molecular flexibility index (Phi) is 5.20. The van der Waals surface area contributed by atoms with Crippen LogP contribution in [0.15, 0.2) is 121 Å². The van der Waals surface area contributed by atoms with Gasteiger partial charge in [-0.3, -0.25) is 0 Å². The van der Waals surface area contributed by atoms with Crippen LogP contribution in [0.2, 0.25) is 0 Å². The first-order valence-electron chi connectivity index (χ1n) is 11.8. The summed E-state index contributed by atoms with van der Waals surface area (Å²) in [5, 5.41) is 2.09. The van der Waals surface area contributed by atoms with E-state index in [2.05, 4.69) is 109 Å². The van der Waals surface area contributed by atoms with Crippen molar-refractivity contribution in [2.45, 2.75) is 0 Å². The van der Waals surface area contributed by atoms with Gasteiger partial charge in [-0.15, -0.1) is 22.7 Å². The van der Waals surface area contributed by atoms with E-state index in [9.17, 15) is 0 Å². The lowest BCUT2D eigenvalue weighted by Gasteiger charge is -2.10. The molecule has 2 heterocycles. The largest absolute Gasteiger partial charge is 0.236 e. The van der Waals surface area contributed by atoms with Crippen LogP contribution in [0.4, 0.5) is 0 Å². The van der Waals surface area contributed by atoms with E-state index in [0.717, 1.165) is 32.2 Å². The highest BCUT2D eigenvalue weighted by Gasteiger charge is 2.12. The summed E-state index contributed by atoms with van der Waals surface area (Å²) >= 11 is 3.48. The lowest BCUT2D eigenvalue weighted by atomic mass is 9.96. The molecule has 0 N–H and O–H groups in total. The summed E-state index contributed by atoms with van der Waals surface area (Å²) < 4.78 is 2.42. The zero-order valence-electron chi connectivity index (χ0n) is 19.3. The Morgan fingerprint density at radius 3 is 1.39 bits per heavy atom. The first-order valence-corrected chi connectivity index (χ1v) is 13.5. The number of rotatable bonds is 4. The fraction of sp³-hybridized carbons (Fsp3) is 0. The SMILES string of the molecule is c1ccc(-c2cc(-c3ccc(-c4nc5ccccc5s4)cc3)cc(-c3nc4ccccc4s3)c2)cc1. The van der Waals surface area contributed by atoms with Crippen molar-refractivity contribution in [3.05, 3.63) is 121 Å².